The van der Waals surface area contributed by atoms with Crippen LogP contribution in [0.3, 0.4) is 0 Å². The van der Waals surface area contributed by atoms with E-state index >= 15 is 4.39 Å². The van der Waals surface area contributed by atoms with E-state index in [1.54, 1.807) is 48.5 Å². The highest BCUT2D eigenvalue weighted by atomic mass is 19.1. The van der Waals surface area contributed by atoms with Crippen molar-refractivity contribution in [1.29, 1.82) is 0 Å². The molecule has 0 aliphatic carbocycles. The van der Waals surface area contributed by atoms with Crippen LogP contribution in [0, 0.1) is 17.7 Å². The molecule has 0 atom stereocenters. The van der Waals surface area contributed by atoms with Gasteiger partial charge in [0.2, 0.25) is 0 Å². The molecule has 0 radical (unpaired) electrons. The molecule has 9 heteroatoms. The lowest BCUT2D eigenvalue weighted by atomic mass is 9.99. The van der Waals surface area contributed by atoms with Crippen LogP contribution in [0.1, 0.15) is 11.1 Å². The number of rotatable bonds is 10. The molecule has 0 spiro atoms. The summed E-state index contributed by atoms with van der Waals surface area (Å²) in [7, 11) is 0. The first kappa shape index (κ1) is 33.1. The summed E-state index contributed by atoms with van der Waals surface area (Å²) < 4.78 is 36.9. The summed E-state index contributed by atoms with van der Waals surface area (Å²) in [5.74, 6) is 1.27. The van der Waals surface area contributed by atoms with Crippen molar-refractivity contribution in [2.75, 3.05) is 0 Å². The minimum absolute atomic E-state index is 0.0883. The van der Waals surface area contributed by atoms with Crippen molar-refractivity contribution in [1.82, 2.24) is 0 Å². The maximum absolute atomic E-state index is 16.0. The molecule has 47 heavy (non-hydrogen) atoms. The second-order valence-electron chi connectivity index (χ2n) is 9.32. The van der Waals surface area contributed by atoms with E-state index in [1.165, 1.54) is 30.3 Å². The zero-order chi connectivity index (χ0) is 33.9. The summed E-state index contributed by atoms with van der Waals surface area (Å²) in [4.78, 5) is 47.5. The predicted octanol–water partition coefficient (Wildman–Crippen LogP) is 6.93. The molecule has 0 unspecified atom stereocenters. The van der Waals surface area contributed by atoms with Crippen molar-refractivity contribution in [3.8, 4) is 57.1 Å². The van der Waals surface area contributed by atoms with Gasteiger partial charge in [0, 0.05) is 35.9 Å². The van der Waals surface area contributed by atoms with Crippen LogP contribution >= 0.6 is 0 Å². The zero-order valence-corrected chi connectivity index (χ0v) is 24.8. The quantitative estimate of drug-likeness (QED) is 0.0807. The fourth-order valence-electron chi connectivity index (χ4n) is 4.05. The fourth-order valence-corrected chi connectivity index (χ4v) is 4.05. The highest BCUT2D eigenvalue weighted by molar-refractivity contribution is 5.90. The Hall–Kier alpha value is -6.79. The molecule has 0 saturated heterocycles. The molecule has 0 aliphatic heterocycles. The first-order valence-electron chi connectivity index (χ1n) is 13.7. The number of hydrogen-bond acceptors (Lipinski definition) is 8. The van der Waals surface area contributed by atoms with Crippen LogP contribution in [-0.2, 0) is 19.2 Å². The normalized spacial score (nSPS) is 9.89. The van der Waals surface area contributed by atoms with Gasteiger partial charge in [-0.15, -0.1) is 0 Å². The van der Waals surface area contributed by atoms with E-state index in [4.69, 9.17) is 18.9 Å². The highest BCUT2D eigenvalue weighted by Gasteiger charge is 2.25. The molecular weight excluding hydrogens is 603 g/mol. The fraction of sp³-hybridized carbons (Fsp3) is 0. The van der Waals surface area contributed by atoms with Gasteiger partial charge in [0.15, 0.2) is 11.6 Å². The van der Waals surface area contributed by atoms with E-state index < -0.39 is 35.4 Å². The van der Waals surface area contributed by atoms with Gasteiger partial charge in [-0.2, -0.15) is 0 Å². The largest absolute Gasteiger partial charge is 0.423 e. The topological polar surface area (TPSA) is 105 Å². The van der Waals surface area contributed by atoms with Gasteiger partial charge in [-0.3, -0.25) is 0 Å². The number of halogens is 1. The summed E-state index contributed by atoms with van der Waals surface area (Å²) in [6.45, 7) is 13.5. The van der Waals surface area contributed by atoms with Crippen LogP contribution in [0.4, 0.5) is 4.39 Å². The number of carbonyl (C=O) groups is 4. The van der Waals surface area contributed by atoms with Gasteiger partial charge < -0.3 is 18.9 Å². The van der Waals surface area contributed by atoms with Gasteiger partial charge >= 0.3 is 23.9 Å². The number of carbonyl (C=O) groups excluding carboxylic acids is 4. The third-order valence-corrected chi connectivity index (χ3v) is 6.26. The molecule has 0 N–H and O–H groups in total. The number of esters is 4. The Balaban J connectivity index is 1.73. The Morgan fingerprint density at radius 3 is 1.47 bits per heavy atom. The van der Waals surface area contributed by atoms with Gasteiger partial charge in [0.05, 0.1) is 11.1 Å². The van der Waals surface area contributed by atoms with Crippen LogP contribution in [0.2, 0.25) is 0 Å². The third-order valence-electron chi connectivity index (χ3n) is 6.26. The molecule has 0 saturated carbocycles. The van der Waals surface area contributed by atoms with Crippen molar-refractivity contribution in [3.05, 3.63) is 146 Å². The second-order valence-corrected chi connectivity index (χ2v) is 9.32. The second kappa shape index (κ2) is 15.3. The molecular formula is C38H25FO8. The molecule has 0 aromatic heterocycles. The lowest BCUT2D eigenvalue weighted by Crippen LogP contribution is -2.10. The van der Waals surface area contributed by atoms with Gasteiger partial charge in [0.25, 0.3) is 0 Å². The Kier molecular flexibility index (Phi) is 10.8. The molecule has 4 aromatic carbocycles. The van der Waals surface area contributed by atoms with E-state index in [0.29, 0.717) is 11.3 Å². The van der Waals surface area contributed by atoms with Crippen molar-refractivity contribution in [2.45, 2.75) is 0 Å². The summed E-state index contributed by atoms with van der Waals surface area (Å²) in [5.41, 5.74) is 2.14. The first-order chi connectivity index (χ1) is 22.6. The third kappa shape index (κ3) is 8.44. The maximum Gasteiger partial charge on any atom is 0.335 e. The maximum atomic E-state index is 16.0. The minimum Gasteiger partial charge on any atom is -0.423 e. The highest BCUT2D eigenvalue weighted by Crippen LogP contribution is 2.43. The van der Waals surface area contributed by atoms with Crippen molar-refractivity contribution in [3.63, 3.8) is 0 Å². The molecule has 0 fully saturated rings. The Labute approximate surface area is 269 Å². The minimum atomic E-state index is -1.00. The van der Waals surface area contributed by atoms with Crippen molar-refractivity contribution < 1.29 is 42.5 Å². The molecule has 0 aliphatic rings. The van der Waals surface area contributed by atoms with E-state index in [9.17, 15) is 19.2 Å². The molecule has 232 valence electrons. The van der Waals surface area contributed by atoms with Crippen LogP contribution in [-0.4, -0.2) is 23.9 Å². The lowest BCUT2D eigenvalue weighted by Gasteiger charge is -2.16. The number of hydrogen-bond donors (Lipinski definition) is 0. The number of benzene rings is 4. The number of ether oxygens (including phenoxy) is 4. The van der Waals surface area contributed by atoms with Gasteiger partial charge in [-0.1, -0.05) is 74.6 Å². The van der Waals surface area contributed by atoms with Crippen LogP contribution < -0.4 is 18.9 Å². The van der Waals surface area contributed by atoms with E-state index in [0.717, 1.165) is 35.4 Å². The molecule has 0 bridgehead atoms. The zero-order valence-electron chi connectivity index (χ0n) is 24.8. The Morgan fingerprint density at radius 1 is 0.553 bits per heavy atom. The van der Waals surface area contributed by atoms with E-state index in [-0.39, 0.29) is 28.2 Å². The summed E-state index contributed by atoms with van der Waals surface area (Å²) in [5, 5.41) is 0. The Bertz CT molecular complexity index is 1960. The standard InChI is InChI=1S/C38H25FO8/c1-5-32(40)44-29-19-15-26(16-20-29)25-12-9-24(10-13-25)11-14-28-23-31(46-34(42)7-3)36(38(37(28)39)47-35(43)8-4)27-17-21-30(22-18-27)45-33(41)6-2/h5-10,12-13,15-23H,1-4H2. The molecule has 4 rings (SSSR count). The van der Waals surface area contributed by atoms with E-state index in [1.807, 2.05) is 0 Å². The molecule has 4 aromatic rings. The van der Waals surface area contributed by atoms with Crippen LogP contribution in [0.15, 0.2) is 129 Å². The average molecular weight is 629 g/mol. The SMILES string of the molecule is C=CC(=O)Oc1ccc(-c2ccc(C#Cc3cc(OC(=O)C=C)c(-c4ccc(OC(=O)C=C)cc4)c(OC(=O)C=C)c3F)cc2)cc1. The molecule has 8 nitrogen and oxygen atoms in total. The first-order valence-corrected chi connectivity index (χ1v) is 13.7. The molecule has 0 amide bonds. The average Bonchev–Trinajstić information content (AvgIpc) is 3.09. The monoisotopic (exact) mass is 628 g/mol. The smallest absolute Gasteiger partial charge is 0.335 e. The van der Waals surface area contributed by atoms with Crippen LogP contribution in [0.25, 0.3) is 22.3 Å². The van der Waals surface area contributed by atoms with Crippen molar-refractivity contribution >= 4 is 23.9 Å². The van der Waals surface area contributed by atoms with Gasteiger partial charge in [-0.25, -0.2) is 23.6 Å². The predicted molar refractivity (Wildman–Crippen MR) is 173 cm³/mol. The Morgan fingerprint density at radius 2 is 0.979 bits per heavy atom. The summed E-state index contributed by atoms with van der Waals surface area (Å²) >= 11 is 0. The lowest BCUT2D eigenvalue weighted by molar-refractivity contribution is -0.130. The van der Waals surface area contributed by atoms with Gasteiger partial charge in [-0.05, 0) is 53.1 Å². The van der Waals surface area contributed by atoms with E-state index in [2.05, 4.69) is 38.2 Å². The van der Waals surface area contributed by atoms with Gasteiger partial charge in [0.1, 0.15) is 17.2 Å². The van der Waals surface area contributed by atoms with Crippen LogP contribution in [0.5, 0.6) is 23.0 Å². The van der Waals surface area contributed by atoms with Crippen molar-refractivity contribution in [2.24, 2.45) is 0 Å². The molecule has 0 heterocycles. The summed E-state index contributed by atoms with van der Waals surface area (Å²) in [6.07, 6.45) is 3.82. The summed E-state index contributed by atoms with van der Waals surface area (Å²) in [6, 6.07) is 20.8.